The maximum atomic E-state index is 13.6. The van der Waals surface area contributed by atoms with Gasteiger partial charge in [-0.25, -0.2) is 21.9 Å². The van der Waals surface area contributed by atoms with Gasteiger partial charge in [0.25, 0.3) is 0 Å². The zero-order valence-corrected chi connectivity index (χ0v) is 11.8. The van der Waals surface area contributed by atoms with E-state index in [1.807, 2.05) is 0 Å². The summed E-state index contributed by atoms with van der Waals surface area (Å²) in [5, 5.41) is 2.62. The van der Waals surface area contributed by atoms with Crippen LogP contribution in [0.25, 0.3) is 0 Å². The molecule has 0 aliphatic carbocycles. The average Bonchev–Trinajstić information content (AvgIpc) is 2.43. The van der Waals surface area contributed by atoms with Crippen LogP contribution in [0.4, 0.5) is 25.8 Å². The molecular weight excluding hydrogens is 300 g/mol. The molecule has 2 rings (SSSR count). The number of benzene rings is 2. The van der Waals surface area contributed by atoms with Gasteiger partial charge in [-0.3, -0.25) is 0 Å². The second kappa shape index (κ2) is 5.66. The van der Waals surface area contributed by atoms with E-state index in [1.165, 1.54) is 31.3 Å². The Morgan fingerprint density at radius 3 is 2.33 bits per heavy atom. The minimum Gasteiger partial charge on any atom is -0.399 e. The van der Waals surface area contributed by atoms with Crippen LogP contribution in [0.5, 0.6) is 0 Å². The molecule has 8 heteroatoms. The second-order valence-electron chi connectivity index (χ2n) is 4.21. The van der Waals surface area contributed by atoms with Gasteiger partial charge >= 0.3 is 0 Å². The van der Waals surface area contributed by atoms with Crippen molar-refractivity contribution in [1.29, 1.82) is 0 Å². The van der Waals surface area contributed by atoms with E-state index in [2.05, 4.69) is 10.0 Å². The maximum absolute atomic E-state index is 13.6. The Labute approximate surface area is 120 Å². The lowest BCUT2D eigenvalue weighted by atomic mass is 10.2. The van der Waals surface area contributed by atoms with Crippen LogP contribution in [-0.2, 0) is 10.0 Å². The number of nitrogens with one attached hydrogen (secondary N) is 2. The Bertz CT molecular complexity index is 779. The molecule has 0 radical (unpaired) electrons. The van der Waals surface area contributed by atoms with Crippen LogP contribution in [0.15, 0.2) is 41.3 Å². The van der Waals surface area contributed by atoms with E-state index in [0.717, 1.165) is 6.07 Å². The predicted molar refractivity (Wildman–Crippen MR) is 76.7 cm³/mol. The molecular formula is C13H13F2N3O2S. The molecule has 0 unspecified atom stereocenters. The number of nitrogen functional groups attached to an aromatic ring is 1. The van der Waals surface area contributed by atoms with Crippen LogP contribution in [0.3, 0.4) is 0 Å². The van der Waals surface area contributed by atoms with Crippen molar-refractivity contribution in [2.45, 2.75) is 4.90 Å². The summed E-state index contributed by atoms with van der Waals surface area (Å²) in [5.41, 5.74) is 5.90. The number of anilines is 3. The van der Waals surface area contributed by atoms with Gasteiger partial charge in [0.1, 0.15) is 16.5 Å². The number of rotatable bonds is 4. The molecule has 0 bridgehead atoms. The molecule has 21 heavy (non-hydrogen) atoms. The number of sulfonamides is 1. The highest BCUT2D eigenvalue weighted by Crippen LogP contribution is 2.28. The smallest absolute Gasteiger partial charge is 0.242 e. The van der Waals surface area contributed by atoms with Gasteiger partial charge in [-0.1, -0.05) is 0 Å². The largest absolute Gasteiger partial charge is 0.399 e. The van der Waals surface area contributed by atoms with Crippen LogP contribution in [0.1, 0.15) is 0 Å². The SMILES string of the molecule is CNS(=O)(=O)c1cc(N)ccc1Nc1ccc(F)cc1F. The van der Waals surface area contributed by atoms with Crippen LogP contribution in [0, 0.1) is 11.6 Å². The van der Waals surface area contributed by atoms with Gasteiger partial charge in [-0.15, -0.1) is 0 Å². The van der Waals surface area contributed by atoms with E-state index in [1.54, 1.807) is 0 Å². The zero-order chi connectivity index (χ0) is 15.6. The van der Waals surface area contributed by atoms with Gasteiger partial charge < -0.3 is 11.1 Å². The summed E-state index contributed by atoms with van der Waals surface area (Å²) in [7, 11) is -2.53. The molecule has 5 nitrogen and oxygen atoms in total. The van der Waals surface area contributed by atoms with Crippen molar-refractivity contribution in [3.63, 3.8) is 0 Å². The molecule has 0 aliphatic heterocycles. The minimum absolute atomic E-state index is 0.0475. The molecule has 0 atom stereocenters. The number of hydrogen-bond acceptors (Lipinski definition) is 4. The fourth-order valence-corrected chi connectivity index (χ4v) is 2.63. The summed E-state index contributed by atoms with van der Waals surface area (Å²) in [6.07, 6.45) is 0. The molecule has 0 fully saturated rings. The first kappa shape index (κ1) is 15.2. The molecule has 0 aliphatic rings. The summed E-state index contributed by atoms with van der Waals surface area (Å²) in [5.74, 6) is -1.56. The van der Waals surface area contributed by atoms with Gasteiger partial charge in [0.2, 0.25) is 10.0 Å². The fraction of sp³-hybridized carbons (Fsp3) is 0.0769. The fourth-order valence-electron chi connectivity index (χ4n) is 1.71. The van der Waals surface area contributed by atoms with E-state index in [9.17, 15) is 17.2 Å². The summed E-state index contributed by atoms with van der Waals surface area (Å²) in [4.78, 5) is -0.131. The number of halogens is 2. The van der Waals surface area contributed by atoms with Gasteiger partial charge in [0.15, 0.2) is 0 Å². The third kappa shape index (κ3) is 3.29. The maximum Gasteiger partial charge on any atom is 0.242 e. The highest BCUT2D eigenvalue weighted by Gasteiger charge is 2.18. The summed E-state index contributed by atoms with van der Waals surface area (Å²) in [6.45, 7) is 0. The standard InChI is InChI=1S/C13H13F2N3O2S/c1-17-21(19,20)13-7-9(16)3-5-12(13)18-11-4-2-8(14)6-10(11)15/h2-7,17-18H,16H2,1H3. The first-order valence-electron chi connectivity index (χ1n) is 5.88. The van der Waals surface area contributed by atoms with Gasteiger partial charge in [-0.2, -0.15) is 0 Å². The third-order valence-corrected chi connectivity index (χ3v) is 4.22. The van der Waals surface area contributed by atoms with Crippen molar-refractivity contribution in [2.24, 2.45) is 0 Å². The van der Waals surface area contributed by atoms with E-state index < -0.39 is 21.7 Å². The van der Waals surface area contributed by atoms with Crippen molar-refractivity contribution in [3.05, 3.63) is 48.0 Å². The van der Waals surface area contributed by atoms with Gasteiger partial charge in [-0.05, 0) is 37.4 Å². The summed E-state index contributed by atoms with van der Waals surface area (Å²) >= 11 is 0. The summed E-state index contributed by atoms with van der Waals surface area (Å²) in [6, 6.07) is 7.06. The average molecular weight is 313 g/mol. The highest BCUT2D eigenvalue weighted by atomic mass is 32.2. The molecule has 0 saturated heterocycles. The van der Waals surface area contributed by atoms with Gasteiger partial charge in [0, 0.05) is 11.8 Å². The third-order valence-electron chi connectivity index (χ3n) is 2.76. The molecule has 4 N–H and O–H groups in total. The van der Waals surface area contributed by atoms with E-state index in [-0.39, 0.29) is 22.0 Å². The molecule has 0 spiro atoms. The Balaban J connectivity index is 2.50. The van der Waals surface area contributed by atoms with Crippen molar-refractivity contribution in [2.75, 3.05) is 18.1 Å². The molecule has 0 saturated carbocycles. The van der Waals surface area contributed by atoms with E-state index in [4.69, 9.17) is 5.73 Å². The highest BCUT2D eigenvalue weighted by molar-refractivity contribution is 7.89. The monoisotopic (exact) mass is 313 g/mol. The Kier molecular flexibility index (Phi) is 4.10. The molecule has 0 amide bonds. The van der Waals surface area contributed by atoms with Crippen LogP contribution >= 0.6 is 0 Å². The Morgan fingerprint density at radius 1 is 1.05 bits per heavy atom. The zero-order valence-electron chi connectivity index (χ0n) is 11.0. The van der Waals surface area contributed by atoms with E-state index >= 15 is 0 Å². The van der Waals surface area contributed by atoms with Gasteiger partial charge in [0.05, 0.1) is 11.4 Å². The van der Waals surface area contributed by atoms with Crippen LogP contribution in [-0.4, -0.2) is 15.5 Å². The quantitative estimate of drug-likeness (QED) is 0.756. The topological polar surface area (TPSA) is 84.2 Å². The molecule has 2 aromatic carbocycles. The molecule has 2 aromatic rings. The van der Waals surface area contributed by atoms with Crippen LogP contribution < -0.4 is 15.8 Å². The Hall–Kier alpha value is -2.19. The first-order chi connectivity index (χ1) is 9.83. The van der Waals surface area contributed by atoms with Crippen LogP contribution in [0.2, 0.25) is 0 Å². The van der Waals surface area contributed by atoms with Crippen molar-refractivity contribution < 1.29 is 17.2 Å². The van der Waals surface area contributed by atoms with E-state index in [0.29, 0.717) is 6.07 Å². The predicted octanol–water partition coefficient (Wildman–Crippen LogP) is 2.20. The lowest BCUT2D eigenvalue weighted by molar-refractivity contribution is 0.584. The lowest BCUT2D eigenvalue weighted by Gasteiger charge is -2.13. The van der Waals surface area contributed by atoms with Crippen molar-refractivity contribution >= 4 is 27.1 Å². The Morgan fingerprint density at radius 2 is 1.71 bits per heavy atom. The first-order valence-corrected chi connectivity index (χ1v) is 7.37. The van der Waals surface area contributed by atoms with Crippen molar-refractivity contribution in [1.82, 2.24) is 4.72 Å². The molecule has 112 valence electrons. The second-order valence-corrected chi connectivity index (χ2v) is 6.07. The number of nitrogens with two attached hydrogens (primary N) is 1. The van der Waals surface area contributed by atoms with Crippen molar-refractivity contribution in [3.8, 4) is 0 Å². The lowest BCUT2D eigenvalue weighted by Crippen LogP contribution is -2.20. The molecule has 0 heterocycles. The molecule has 0 aromatic heterocycles. The summed E-state index contributed by atoms with van der Waals surface area (Å²) < 4.78 is 52.5. The minimum atomic E-state index is -3.78. The number of hydrogen-bond donors (Lipinski definition) is 3. The normalized spacial score (nSPS) is 11.4.